The van der Waals surface area contributed by atoms with Crippen LogP contribution >= 0.6 is 0 Å². The van der Waals surface area contributed by atoms with Crippen LogP contribution in [0, 0.1) is 24.6 Å². The van der Waals surface area contributed by atoms with E-state index in [4.69, 9.17) is 0 Å². The SMILES string of the molecule is Cc1ccc(C#CCN2CCc3ccccc3C2)cc1F. The molecule has 0 atom stereocenters. The first-order valence-corrected chi connectivity index (χ1v) is 7.26. The van der Waals surface area contributed by atoms with E-state index in [1.54, 1.807) is 13.0 Å². The average Bonchev–Trinajstić information content (AvgIpc) is 2.51. The van der Waals surface area contributed by atoms with Crippen molar-refractivity contribution in [3.8, 4) is 11.8 Å². The van der Waals surface area contributed by atoms with Crippen LogP contribution in [0.25, 0.3) is 0 Å². The minimum atomic E-state index is -0.186. The number of halogens is 1. The molecule has 2 heteroatoms. The van der Waals surface area contributed by atoms with Crippen molar-refractivity contribution in [1.29, 1.82) is 0 Å². The molecule has 0 amide bonds. The molecule has 0 unspecified atom stereocenters. The molecule has 0 aromatic heterocycles. The quantitative estimate of drug-likeness (QED) is 0.722. The number of benzene rings is 2. The topological polar surface area (TPSA) is 3.24 Å². The number of hydrogen-bond donors (Lipinski definition) is 0. The zero-order chi connectivity index (χ0) is 14.7. The van der Waals surface area contributed by atoms with Gasteiger partial charge in [0.25, 0.3) is 0 Å². The van der Waals surface area contributed by atoms with Gasteiger partial charge in [0.05, 0.1) is 6.54 Å². The molecule has 0 radical (unpaired) electrons. The Balaban J connectivity index is 1.64. The summed E-state index contributed by atoms with van der Waals surface area (Å²) in [5, 5.41) is 0. The van der Waals surface area contributed by atoms with Crippen LogP contribution in [-0.4, -0.2) is 18.0 Å². The third-order valence-corrected chi connectivity index (χ3v) is 3.92. The van der Waals surface area contributed by atoms with Gasteiger partial charge in [0.1, 0.15) is 5.82 Å². The maximum absolute atomic E-state index is 13.4. The Bertz CT molecular complexity index is 709. The highest BCUT2D eigenvalue weighted by atomic mass is 19.1. The predicted octanol–water partition coefficient (Wildman–Crippen LogP) is 3.54. The van der Waals surface area contributed by atoms with Crippen molar-refractivity contribution in [2.24, 2.45) is 0 Å². The van der Waals surface area contributed by atoms with E-state index >= 15 is 0 Å². The Morgan fingerprint density at radius 1 is 1.14 bits per heavy atom. The van der Waals surface area contributed by atoms with Crippen molar-refractivity contribution < 1.29 is 4.39 Å². The van der Waals surface area contributed by atoms with Gasteiger partial charge in [0, 0.05) is 18.7 Å². The van der Waals surface area contributed by atoms with Gasteiger partial charge < -0.3 is 0 Å². The second-order valence-electron chi connectivity index (χ2n) is 5.50. The molecular weight excluding hydrogens is 261 g/mol. The van der Waals surface area contributed by atoms with Crippen molar-refractivity contribution in [3.63, 3.8) is 0 Å². The Kier molecular flexibility index (Phi) is 4.03. The Hall–Kier alpha value is -2.11. The number of rotatable bonds is 1. The van der Waals surface area contributed by atoms with Gasteiger partial charge >= 0.3 is 0 Å². The fourth-order valence-electron chi connectivity index (χ4n) is 2.61. The lowest BCUT2D eigenvalue weighted by atomic mass is 10.00. The van der Waals surface area contributed by atoms with Crippen LogP contribution in [0.3, 0.4) is 0 Å². The van der Waals surface area contributed by atoms with Crippen molar-refractivity contribution >= 4 is 0 Å². The van der Waals surface area contributed by atoms with Crippen LogP contribution in [0.4, 0.5) is 4.39 Å². The summed E-state index contributed by atoms with van der Waals surface area (Å²) >= 11 is 0. The van der Waals surface area contributed by atoms with Crippen LogP contribution in [0.1, 0.15) is 22.3 Å². The standard InChI is InChI=1S/C19H18FN/c1-15-8-9-16(13-19(15)20)5-4-11-21-12-10-17-6-2-3-7-18(17)14-21/h2-3,6-9,13H,10-12,14H2,1H3. The molecule has 1 heterocycles. The van der Waals surface area contributed by atoms with E-state index in [1.165, 1.54) is 17.2 Å². The molecule has 0 fully saturated rings. The number of hydrogen-bond acceptors (Lipinski definition) is 1. The van der Waals surface area contributed by atoms with Crippen molar-refractivity contribution in [3.05, 3.63) is 70.5 Å². The molecule has 1 nitrogen and oxygen atoms in total. The lowest BCUT2D eigenvalue weighted by Crippen LogP contribution is -2.30. The largest absolute Gasteiger partial charge is 0.288 e. The number of fused-ring (bicyclic) bond motifs is 1. The predicted molar refractivity (Wildman–Crippen MR) is 83.4 cm³/mol. The molecule has 0 saturated heterocycles. The normalized spacial score (nSPS) is 14.2. The van der Waals surface area contributed by atoms with Crippen LogP contribution in [0.2, 0.25) is 0 Å². The Labute approximate surface area is 125 Å². The van der Waals surface area contributed by atoms with E-state index in [-0.39, 0.29) is 5.82 Å². The van der Waals surface area contributed by atoms with Crippen LogP contribution in [0.15, 0.2) is 42.5 Å². The van der Waals surface area contributed by atoms with E-state index in [0.717, 1.165) is 31.6 Å². The molecule has 0 aliphatic carbocycles. The molecule has 21 heavy (non-hydrogen) atoms. The first-order valence-electron chi connectivity index (χ1n) is 7.26. The molecule has 0 N–H and O–H groups in total. The molecule has 2 aromatic carbocycles. The molecule has 0 spiro atoms. The molecular formula is C19H18FN. The summed E-state index contributed by atoms with van der Waals surface area (Å²) in [7, 11) is 0. The molecule has 1 aliphatic rings. The van der Waals surface area contributed by atoms with Crippen molar-refractivity contribution in [2.45, 2.75) is 19.9 Å². The third kappa shape index (κ3) is 3.32. The lowest BCUT2D eigenvalue weighted by Gasteiger charge is -2.26. The highest BCUT2D eigenvalue weighted by molar-refractivity contribution is 5.37. The van der Waals surface area contributed by atoms with Gasteiger partial charge in [-0.15, -0.1) is 0 Å². The second kappa shape index (κ2) is 6.11. The zero-order valence-corrected chi connectivity index (χ0v) is 12.2. The minimum absolute atomic E-state index is 0.186. The van der Waals surface area contributed by atoms with Gasteiger partial charge in [-0.1, -0.05) is 42.2 Å². The first-order chi connectivity index (χ1) is 10.2. The van der Waals surface area contributed by atoms with Gasteiger partial charge in [-0.05, 0) is 42.2 Å². The van der Waals surface area contributed by atoms with E-state index in [1.807, 2.05) is 6.07 Å². The third-order valence-electron chi connectivity index (χ3n) is 3.92. The summed E-state index contributed by atoms with van der Waals surface area (Å²) in [6, 6.07) is 13.7. The minimum Gasteiger partial charge on any atom is -0.288 e. The summed E-state index contributed by atoms with van der Waals surface area (Å²) in [5.41, 5.74) is 4.25. The first kappa shape index (κ1) is 13.9. The Morgan fingerprint density at radius 3 is 2.76 bits per heavy atom. The van der Waals surface area contributed by atoms with Gasteiger partial charge in [-0.25, -0.2) is 4.39 Å². The van der Waals surface area contributed by atoms with Gasteiger partial charge in [0.2, 0.25) is 0 Å². The maximum Gasteiger partial charge on any atom is 0.127 e. The molecule has 3 rings (SSSR count). The van der Waals surface area contributed by atoms with E-state index in [9.17, 15) is 4.39 Å². The molecule has 0 saturated carbocycles. The van der Waals surface area contributed by atoms with Gasteiger partial charge in [0.15, 0.2) is 0 Å². The molecule has 1 aliphatic heterocycles. The second-order valence-corrected chi connectivity index (χ2v) is 5.50. The van der Waals surface area contributed by atoms with Crippen molar-refractivity contribution in [1.82, 2.24) is 4.90 Å². The highest BCUT2D eigenvalue weighted by Crippen LogP contribution is 2.17. The summed E-state index contributed by atoms with van der Waals surface area (Å²) in [6.07, 6.45) is 1.08. The summed E-state index contributed by atoms with van der Waals surface area (Å²) in [5.74, 6) is 6.02. The van der Waals surface area contributed by atoms with E-state index in [0.29, 0.717) is 5.56 Å². The number of nitrogens with zero attached hydrogens (tertiary/aromatic N) is 1. The average molecular weight is 279 g/mol. The maximum atomic E-state index is 13.4. The lowest BCUT2D eigenvalue weighted by molar-refractivity contribution is 0.286. The number of aryl methyl sites for hydroxylation is 1. The summed E-state index contributed by atoms with van der Waals surface area (Å²) in [4.78, 5) is 2.33. The van der Waals surface area contributed by atoms with Gasteiger partial charge in [-0.3, -0.25) is 4.90 Å². The smallest absolute Gasteiger partial charge is 0.127 e. The highest BCUT2D eigenvalue weighted by Gasteiger charge is 2.14. The zero-order valence-electron chi connectivity index (χ0n) is 12.2. The van der Waals surface area contributed by atoms with E-state index in [2.05, 4.69) is 41.0 Å². The van der Waals surface area contributed by atoms with Gasteiger partial charge in [-0.2, -0.15) is 0 Å². The molecule has 2 aromatic rings. The van der Waals surface area contributed by atoms with Crippen LogP contribution < -0.4 is 0 Å². The van der Waals surface area contributed by atoms with E-state index < -0.39 is 0 Å². The fourth-order valence-corrected chi connectivity index (χ4v) is 2.61. The molecule has 0 bridgehead atoms. The van der Waals surface area contributed by atoms with Crippen molar-refractivity contribution in [2.75, 3.05) is 13.1 Å². The molecule has 106 valence electrons. The monoisotopic (exact) mass is 279 g/mol. The summed E-state index contributed by atoms with van der Waals surface area (Å²) < 4.78 is 13.4. The Morgan fingerprint density at radius 2 is 1.95 bits per heavy atom. The van der Waals surface area contributed by atoms with Crippen LogP contribution in [-0.2, 0) is 13.0 Å². The fraction of sp³-hybridized carbons (Fsp3) is 0.263. The summed E-state index contributed by atoms with van der Waals surface area (Å²) in [6.45, 7) is 4.47. The van der Waals surface area contributed by atoms with Crippen LogP contribution in [0.5, 0.6) is 0 Å².